The monoisotopic (exact) mass is 255 g/mol. The van der Waals surface area contributed by atoms with E-state index >= 15 is 0 Å². The zero-order chi connectivity index (χ0) is 13.1. The maximum absolute atomic E-state index is 6.03. The number of hydrogen-bond acceptors (Lipinski definition) is 2. The second kappa shape index (κ2) is 5.62. The number of hydrogen-bond donors (Lipinski definition) is 1. The highest BCUT2D eigenvalue weighted by Gasteiger charge is 2.30. The first kappa shape index (κ1) is 12.5. The third kappa shape index (κ3) is 2.90. The normalized spacial score (nSPS) is 22.2. The maximum Gasteiger partial charge on any atom is 0.120 e. The predicted octanol–water partition coefficient (Wildman–Crippen LogP) is 3.75. The molecule has 100 valence electrons. The lowest BCUT2D eigenvalue weighted by molar-refractivity contribution is 0.0854. The van der Waals surface area contributed by atoms with E-state index in [9.17, 15) is 0 Å². The first-order valence-electron chi connectivity index (χ1n) is 7.24. The molecule has 0 bridgehead atoms. The highest BCUT2D eigenvalue weighted by Crippen LogP contribution is 2.28. The van der Waals surface area contributed by atoms with Crippen molar-refractivity contribution in [2.24, 2.45) is 0 Å². The van der Waals surface area contributed by atoms with Crippen molar-refractivity contribution in [2.45, 2.75) is 38.3 Å². The van der Waals surface area contributed by atoms with Gasteiger partial charge in [-0.3, -0.25) is 0 Å². The van der Waals surface area contributed by atoms with Crippen LogP contribution in [0.25, 0.3) is 10.8 Å². The fraction of sp³-hybridized carbons (Fsp3) is 0.412. The molecule has 1 aliphatic carbocycles. The van der Waals surface area contributed by atoms with Crippen LogP contribution in [0.4, 0.5) is 0 Å². The molecule has 0 aliphatic heterocycles. The van der Waals surface area contributed by atoms with Gasteiger partial charge in [0.25, 0.3) is 0 Å². The van der Waals surface area contributed by atoms with Crippen molar-refractivity contribution in [3.8, 4) is 5.75 Å². The standard InChI is InChI=1S/C17H21NO/c1-2-9-18-15-11-17(12-15)19-16-8-7-13-5-3-4-6-14(13)10-16/h3-8,10,15,17-18H,2,9,11-12H2,1H3. The third-order valence-electron chi connectivity index (χ3n) is 3.80. The van der Waals surface area contributed by atoms with Crippen LogP contribution in [0.15, 0.2) is 42.5 Å². The largest absolute Gasteiger partial charge is 0.490 e. The van der Waals surface area contributed by atoms with Crippen LogP contribution in [0.5, 0.6) is 5.75 Å². The minimum absolute atomic E-state index is 0.385. The van der Waals surface area contributed by atoms with Crippen LogP contribution in [0.2, 0.25) is 0 Å². The Labute approximate surface area is 114 Å². The first-order valence-corrected chi connectivity index (χ1v) is 7.24. The van der Waals surface area contributed by atoms with Crippen molar-refractivity contribution < 1.29 is 4.74 Å². The molecule has 1 aliphatic rings. The summed E-state index contributed by atoms with van der Waals surface area (Å²) in [5.41, 5.74) is 0. The fourth-order valence-corrected chi connectivity index (χ4v) is 2.61. The number of nitrogens with one attached hydrogen (secondary N) is 1. The van der Waals surface area contributed by atoms with Crippen LogP contribution < -0.4 is 10.1 Å². The Kier molecular flexibility index (Phi) is 3.69. The predicted molar refractivity (Wildman–Crippen MR) is 79.7 cm³/mol. The summed E-state index contributed by atoms with van der Waals surface area (Å²) in [5, 5.41) is 6.05. The molecule has 3 rings (SSSR count). The molecule has 0 amide bonds. The van der Waals surface area contributed by atoms with E-state index in [1.807, 2.05) is 0 Å². The van der Waals surface area contributed by atoms with Crippen molar-refractivity contribution in [3.63, 3.8) is 0 Å². The van der Waals surface area contributed by atoms with Crippen LogP contribution in [0, 0.1) is 0 Å². The lowest BCUT2D eigenvalue weighted by Gasteiger charge is -2.36. The zero-order valence-corrected chi connectivity index (χ0v) is 11.4. The highest BCUT2D eigenvalue weighted by atomic mass is 16.5. The molecular weight excluding hydrogens is 234 g/mol. The summed E-state index contributed by atoms with van der Waals surface area (Å²) in [7, 11) is 0. The average Bonchev–Trinajstić information content (AvgIpc) is 2.41. The van der Waals surface area contributed by atoms with E-state index in [0.717, 1.165) is 25.1 Å². The molecular formula is C17H21NO. The lowest BCUT2D eigenvalue weighted by Crippen LogP contribution is -2.46. The summed E-state index contributed by atoms with van der Waals surface area (Å²) in [6, 6.07) is 15.4. The minimum Gasteiger partial charge on any atom is -0.490 e. The van der Waals surface area contributed by atoms with E-state index in [2.05, 4.69) is 54.7 Å². The van der Waals surface area contributed by atoms with Gasteiger partial charge in [-0.05, 0) is 48.7 Å². The maximum atomic E-state index is 6.03. The van der Waals surface area contributed by atoms with Crippen molar-refractivity contribution >= 4 is 10.8 Å². The zero-order valence-electron chi connectivity index (χ0n) is 11.4. The van der Waals surface area contributed by atoms with Crippen LogP contribution in [-0.4, -0.2) is 18.7 Å². The molecule has 0 radical (unpaired) electrons. The Hall–Kier alpha value is -1.54. The summed E-state index contributed by atoms with van der Waals surface area (Å²) in [6.07, 6.45) is 3.85. The SMILES string of the molecule is CCCNC1CC(Oc2ccc3ccccc3c2)C1. The Bertz CT molecular complexity index is 546. The van der Waals surface area contributed by atoms with E-state index in [-0.39, 0.29) is 0 Å². The molecule has 0 saturated heterocycles. The van der Waals surface area contributed by atoms with Gasteiger partial charge >= 0.3 is 0 Å². The van der Waals surface area contributed by atoms with Crippen LogP contribution in [-0.2, 0) is 0 Å². The van der Waals surface area contributed by atoms with Crippen molar-refractivity contribution in [3.05, 3.63) is 42.5 Å². The summed E-state index contributed by atoms with van der Waals surface area (Å²) >= 11 is 0. The second-order valence-corrected chi connectivity index (χ2v) is 5.37. The first-order chi connectivity index (χ1) is 9.35. The van der Waals surface area contributed by atoms with Crippen molar-refractivity contribution in [2.75, 3.05) is 6.54 Å². The average molecular weight is 255 g/mol. The molecule has 0 atom stereocenters. The molecule has 1 saturated carbocycles. The highest BCUT2D eigenvalue weighted by molar-refractivity contribution is 5.83. The quantitative estimate of drug-likeness (QED) is 0.878. The third-order valence-corrected chi connectivity index (χ3v) is 3.80. The van der Waals surface area contributed by atoms with E-state index < -0.39 is 0 Å². The molecule has 0 heterocycles. The number of rotatable bonds is 5. The number of benzene rings is 2. The number of fused-ring (bicyclic) bond motifs is 1. The van der Waals surface area contributed by atoms with Crippen LogP contribution >= 0.6 is 0 Å². The van der Waals surface area contributed by atoms with Gasteiger partial charge in [-0.15, -0.1) is 0 Å². The smallest absolute Gasteiger partial charge is 0.120 e. The molecule has 0 unspecified atom stereocenters. The molecule has 2 aromatic carbocycles. The molecule has 0 spiro atoms. The molecule has 1 N–H and O–H groups in total. The molecule has 0 aromatic heterocycles. The summed E-state index contributed by atoms with van der Waals surface area (Å²) in [6.45, 7) is 3.32. The van der Waals surface area contributed by atoms with Gasteiger partial charge < -0.3 is 10.1 Å². The van der Waals surface area contributed by atoms with Crippen LogP contribution in [0.3, 0.4) is 0 Å². The van der Waals surface area contributed by atoms with E-state index in [0.29, 0.717) is 12.1 Å². The van der Waals surface area contributed by atoms with Gasteiger partial charge in [-0.1, -0.05) is 37.3 Å². The summed E-state index contributed by atoms with van der Waals surface area (Å²) < 4.78 is 6.03. The molecule has 2 nitrogen and oxygen atoms in total. The summed E-state index contributed by atoms with van der Waals surface area (Å²) in [4.78, 5) is 0. The molecule has 2 aromatic rings. The molecule has 2 heteroatoms. The van der Waals surface area contributed by atoms with Gasteiger partial charge in [0.05, 0.1) is 0 Å². The topological polar surface area (TPSA) is 21.3 Å². The minimum atomic E-state index is 0.385. The van der Waals surface area contributed by atoms with E-state index in [4.69, 9.17) is 4.74 Å². The van der Waals surface area contributed by atoms with E-state index in [1.54, 1.807) is 0 Å². The molecule has 1 fully saturated rings. The van der Waals surface area contributed by atoms with Crippen LogP contribution in [0.1, 0.15) is 26.2 Å². The Morgan fingerprint density at radius 3 is 2.68 bits per heavy atom. The van der Waals surface area contributed by atoms with E-state index in [1.165, 1.54) is 17.2 Å². The van der Waals surface area contributed by atoms with Gasteiger partial charge in [-0.2, -0.15) is 0 Å². The lowest BCUT2D eigenvalue weighted by atomic mass is 9.89. The van der Waals surface area contributed by atoms with Gasteiger partial charge in [-0.25, -0.2) is 0 Å². The fourth-order valence-electron chi connectivity index (χ4n) is 2.61. The number of ether oxygens (including phenoxy) is 1. The Morgan fingerprint density at radius 1 is 1.11 bits per heavy atom. The van der Waals surface area contributed by atoms with Crippen molar-refractivity contribution in [1.29, 1.82) is 0 Å². The summed E-state index contributed by atoms with van der Waals surface area (Å²) in [5.74, 6) is 0.998. The Morgan fingerprint density at radius 2 is 1.89 bits per heavy atom. The van der Waals surface area contributed by atoms with Crippen molar-refractivity contribution in [1.82, 2.24) is 5.32 Å². The second-order valence-electron chi connectivity index (χ2n) is 5.37. The molecule has 19 heavy (non-hydrogen) atoms. The van der Waals surface area contributed by atoms with Gasteiger partial charge in [0.2, 0.25) is 0 Å². The van der Waals surface area contributed by atoms with Gasteiger partial charge in [0.15, 0.2) is 0 Å². The van der Waals surface area contributed by atoms with Gasteiger partial charge in [0.1, 0.15) is 11.9 Å². The Balaban J connectivity index is 1.58. The van der Waals surface area contributed by atoms with Gasteiger partial charge in [0, 0.05) is 6.04 Å².